The molecule has 0 atom stereocenters. The highest BCUT2D eigenvalue weighted by Crippen LogP contribution is 2.28. The summed E-state index contributed by atoms with van der Waals surface area (Å²) in [5.74, 6) is 0.569. The van der Waals surface area contributed by atoms with Gasteiger partial charge >= 0.3 is 6.09 Å². The molecule has 28 heavy (non-hydrogen) atoms. The van der Waals surface area contributed by atoms with Gasteiger partial charge in [-0.05, 0) is 45.1 Å². The zero-order valence-corrected chi connectivity index (χ0v) is 19.0. The molecule has 1 fully saturated rings. The molecule has 1 aliphatic heterocycles. The van der Waals surface area contributed by atoms with Crippen LogP contribution in [0.5, 0.6) is 0 Å². The Labute approximate surface area is 172 Å². The fourth-order valence-electron chi connectivity index (χ4n) is 2.45. The lowest BCUT2D eigenvalue weighted by atomic mass is 9.90. The molecule has 0 aliphatic carbocycles. The predicted octanol–water partition coefficient (Wildman–Crippen LogP) is 5.74. The summed E-state index contributed by atoms with van der Waals surface area (Å²) in [6.45, 7) is 15.6. The average molecular weight is 395 g/mol. The second kappa shape index (κ2) is 17.1. The van der Waals surface area contributed by atoms with Crippen LogP contribution in [0.2, 0.25) is 0 Å². The van der Waals surface area contributed by atoms with E-state index in [0.717, 1.165) is 25.9 Å². The van der Waals surface area contributed by atoms with Crippen molar-refractivity contribution in [2.45, 2.75) is 85.7 Å². The first-order chi connectivity index (χ1) is 13.3. The number of primary amides is 1. The topological polar surface area (TPSA) is 72.6 Å². The van der Waals surface area contributed by atoms with E-state index in [1.807, 2.05) is 45.6 Å². The minimum atomic E-state index is -0.409. The summed E-state index contributed by atoms with van der Waals surface area (Å²) in [5.41, 5.74) is 5.14. The SMILES string of the molecule is CC.CC(C)(C)OC(=O)N1CCC(c2ccccc2)CC1.CCCC.NC=O. The van der Waals surface area contributed by atoms with Crippen LogP contribution in [-0.4, -0.2) is 36.1 Å². The van der Waals surface area contributed by atoms with Crippen LogP contribution in [0.15, 0.2) is 30.3 Å². The van der Waals surface area contributed by atoms with E-state index in [1.165, 1.54) is 18.4 Å². The molecule has 0 aromatic heterocycles. The molecule has 162 valence electrons. The Morgan fingerprint density at radius 3 is 1.89 bits per heavy atom. The summed E-state index contributed by atoms with van der Waals surface area (Å²) in [5, 5.41) is 0. The van der Waals surface area contributed by atoms with E-state index in [0.29, 0.717) is 5.92 Å². The maximum Gasteiger partial charge on any atom is 0.410 e. The van der Waals surface area contributed by atoms with Gasteiger partial charge < -0.3 is 15.4 Å². The molecular formula is C23H42N2O3. The van der Waals surface area contributed by atoms with Gasteiger partial charge in [-0.3, -0.25) is 4.79 Å². The van der Waals surface area contributed by atoms with Crippen LogP contribution in [0.3, 0.4) is 0 Å². The van der Waals surface area contributed by atoms with E-state index in [4.69, 9.17) is 9.53 Å². The Kier molecular flexibility index (Phi) is 17.2. The lowest BCUT2D eigenvalue weighted by Gasteiger charge is -2.33. The van der Waals surface area contributed by atoms with E-state index in [-0.39, 0.29) is 12.5 Å². The van der Waals surface area contributed by atoms with E-state index < -0.39 is 5.60 Å². The number of carbonyl (C=O) groups excluding carboxylic acids is 2. The third-order valence-corrected chi connectivity index (χ3v) is 3.92. The van der Waals surface area contributed by atoms with Crippen molar-refractivity contribution in [1.82, 2.24) is 4.90 Å². The van der Waals surface area contributed by atoms with E-state index in [1.54, 1.807) is 0 Å². The summed E-state index contributed by atoms with van der Waals surface area (Å²) >= 11 is 0. The highest BCUT2D eigenvalue weighted by molar-refractivity contribution is 5.68. The molecule has 2 rings (SSSR count). The number of hydrogen-bond donors (Lipinski definition) is 1. The van der Waals surface area contributed by atoms with Gasteiger partial charge in [-0.15, -0.1) is 0 Å². The highest BCUT2D eigenvalue weighted by Gasteiger charge is 2.27. The molecule has 1 aromatic rings. The molecule has 5 heteroatoms. The van der Waals surface area contributed by atoms with Gasteiger partial charge in [0, 0.05) is 13.1 Å². The number of likely N-dealkylation sites (tertiary alicyclic amines) is 1. The Bertz CT molecular complexity index is 488. The fraction of sp³-hybridized carbons (Fsp3) is 0.652. The van der Waals surface area contributed by atoms with Crippen LogP contribution in [0.1, 0.15) is 85.6 Å². The lowest BCUT2D eigenvalue weighted by molar-refractivity contribution is -0.106. The molecule has 0 unspecified atom stereocenters. The van der Waals surface area contributed by atoms with Crippen molar-refractivity contribution in [3.05, 3.63) is 35.9 Å². The van der Waals surface area contributed by atoms with Gasteiger partial charge in [-0.25, -0.2) is 4.79 Å². The molecule has 1 saturated heterocycles. The fourth-order valence-corrected chi connectivity index (χ4v) is 2.45. The zero-order valence-electron chi connectivity index (χ0n) is 19.0. The van der Waals surface area contributed by atoms with Gasteiger partial charge in [-0.2, -0.15) is 0 Å². The van der Waals surface area contributed by atoms with Crippen molar-refractivity contribution in [2.24, 2.45) is 5.73 Å². The Hall–Kier alpha value is -2.04. The third kappa shape index (κ3) is 14.1. The Morgan fingerprint density at radius 1 is 1.11 bits per heavy atom. The van der Waals surface area contributed by atoms with Crippen molar-refractivity contribution in [3.8, 4) is 0 Å². The molecule has 5 nitrogen and oxygen atoms in total. The van der Waals surface area contributed by atoms with E-state index >= 15 is 0 Å². The molecule has 0 radical (unpaired) electrons. The number of rotatable bonds is 2. The smallest absolute Gasteiger partial charge is 0.410 e. The summed E-state index contributed by atoms with van der Waals surface area (Å²) in [7, 11) is 0. The monoisotopic (exact) mass is 394 g/mol. The molecule has 1 aromatic carbocycles. The molecule has 0 bridgehead atoms. The van der Waals surface area contributed by atoms with Crippen LogP contribution in [0, 0.1) is 0 Å². The normalized spacial score (nSPS) is 13.5. The van der Waals surface area contributed by atoms with Gasteiger partial charge in [0.05, 0.1) is 0 Å². The summed E-state index contributed by atoms with van der Waals surface area (Å²) < 4.78 is 5.41. The molecule has 1 heterocycles. The second-order valence-corrected chi connectivity index (χ2v) is 7.29. The van der Waals surface area contributed by atoms with Crippen molar-refractivity contribution in [1.29, 1.82) is 0 Å². The number of hydrogen-bond acceptors (Lipinski definition) is 3. The van der Waals surface area contributed by atoms with Crippen molar-refractivity contribution < 1.29 is 14.3 Å². The van der Waals surface area contributed by atoms with Gasteiger partial charge in [0.15, 0.2) is 0 Å². The lowest BCUT2D eigenvalue weighted by Crippen LogP contribution is -2.41. The van der Waals surface area contributed by atoms with Gasteiger partial charge in [-0.1, -0.05) is 70.9 Å². The summed E-state index contributed by atoms with van der Waals surface area (Å²) in [6.07, 6.45) is 4.74. The number of nitrogens with zero attached hydrogens (tertiary/aromatic N) is 1. The van der Waals surface area contributed by atoms with Crippen LogP contribution in [0.4, 0.5) is 4.79 Å². The first-order valence-corrected chi connectivity index (χ1v) is 10.5. The number of benzene rings is 1. The number of unbranched alkanes of at least 4 members (excludes halogenated alkanes) is 1. The van der Waals surface area contributed by atoms with Crippen molar-refractivity contribution >= 4 is 12.5 Å². The standard InChI is InChI=1S/C16H23NO2.C4H10.C2H6.CH3NO/c1-16(2,3)19-15(18)17-11-9-14(10-12-17)13-7-5-4-6-8-13;1-3-4-2;1-2;2-1-3/h4-8,14H,9-12H2,1-3H3;3-4H2,1-2H3;1-2H3;1H,(H2,2,3). The number of piperidine rings is 1. The van der Waals surface area contributed by atoms with Crippen LogP contribution >= 0.6 is 0 Å². The predicted molar refractivity (Wildman–Crippen MR) is 118 cm³/mol. The quantitative estimate of drug-likeness (QED) is 0.650. The minimum absolute atomic E-state index is 0.181. The van der Waals surface area contributed by atoms with Crippen molar-refractivity contribution in [3.63, 3.8) is 0 Å². The highest BCUT2D eigenvalue weighted by atomic mass is 16.6. The molecule has 2 amide bonds. The number of nitrogens with two attached hydrogens (primary N) is 1. The first kappa shape index (κ1) is 28.2. The molecule has 1 aliphatic rings. The average Bonchev–Trinajstić information content (AvgIpc) is 2.70. The van der Waals surface area contributed by atoms with Crippen LogP contribution in [0.25, 0.3) is 0 Å². The maximum atomic E-state index is 12.0. The summed E-state index contributed by atoms with van der Waals surface area (Å²) in [4.78, 5) is 22.4. The zero-order chi connectivity index (χ0) is 22.0. The van der Waals surface area contributed by atoms with E-state index in [2.05, 4.69) is 43.8 Å². The number of amides is 2. The maximum absolute atomic E-state index is 12.0. The largest absolute Gasteiger partial charge is 0.444 e. The van der Waals surface area contributed by atoms with E-state index in [9.17, 15) is 4.79 Å². The Balaban J connectivity index is 0. The molecule has 2 N–H and O–H groups in total. The minimum Gasteiger partial charge on any atom is -0.444 e. The number of carbonyl (C=O) groups is 2. The summed E-state index contributed by atoms with van der Waals surface area (Å²) in [6, 6.07) is 10.5. The van der Waals surface area contributed by atoms with Crippen LogP contribution in [-0.2, 0) is 9.53 Å². The van der Waals surface area contributed by atoms with Gasteiger partial charge in [0.2, 0.25) is 6.41 Å². The van der Waals surface area contributed by atoms with Gasteiger partial charge in [0.1, 0.15) is 5.60 Å². The molecule has 0 spiro atoms. The van der Waals surface area contributed by atoms with Gasteiger partial charge in [0.25, 0.3) is 0 Å². The van der Waals surface area contributed by atoms with Crippen LogP contribution < -0.4 is 5.73 Å². The van der Waals surface area contributed by atoms with Crippen molar-refractivity contribution in [2.75, 3.05) is 13.1 Å². The Morgan fingerprint density at radius 2 is 1.54 bits per heavy atom. The molecular weight excluding hydrogens is 352 g/mol. The number of ether oxygens (including phenoxy) is 1. The second-order valence-electron chi connectivity index (χ2n) is 7.29. The molecule has 0 saturated carbocycles. The third-order valence-electron chi connectivity index (χ3n) is 3.92. The first-order valence-electron chi connectivity index (χ1n) is 10.5.